The van der Waals surface area contributed by atoms with Crippen LogP contribution in [0.5, 0.6) is 5.75 Å². The second-order valence-corrected chi connectivity index (χ2v) is 4.13. The lowest BCUT2D eigenvalue weighted by atomic mass is 9.95. The highest BCUT2D eigenvalue weighted by atomic mass is 16.5. The van der Waals surface area contributed by atoms with Crippen LogP contribution in [0.15, 0.2) is 24.3 Å². The van der Waals surface area contributed by atoms with Gasteiger partial charge < -0.3 is 9.64 Å². The number of ether oxygens (including phenoxy) is 1. The first-order chi connectivity index (χ1) is 7.18. The van der Waals surface area contributed by atoms with Crippen LogP contribution < -0.4 is 4.74 Å². The Kier molecular flexibility index (Phi) is 2.73. The largest absolute Gasteiger partial charge is 0.492 e. The normalized spacial score (nSPS) is 19.9. The van der Waals surface area contributed by atoms with Gasteiger partial charge >= 0.3 is 0 Å². The predicted octanol–water partition coefficient (Wildman–Crippen LogP) is 1.44. The standard InChI is InChI=1S/C12H15NO2/c1-13(2)7-9-8-15-11-6-4-3-5-10(11)12(9)14/h3-6,9H,7-8H2,1-2H3. The minimum atomic E-state index is -0.0325. The van der Waals surface area contributed by atoms with E-state index >= 15 is 0 Å². The van der Waals surface area contributed by atoms with Crippen LogP contribution in [0.25, 0.3) is 0 Å². The molecule has 0 spiro atoms. The molecule has 0 aromatic heterocycles. The fourth-order valence-corrected chi connectivity index (χ4v) is 1.86. The van der Waals surface area contributed by atoms with E-state index in [0.717, 1.165) is 17.9 Å². The van der Waals surface area contributed by atoms with Gasteiger partial charge in [0, 0.05) is 6.54 Å². The molecule has 1 aromatic rings. The van der Waals surface area contributed by atoms with Gasteiger partial charge in [-0.15, -0.1) is 0 Å². The monoisotopic (exact) mass is 205 g/mol. The first kappa shape index (κ1) is 10.2. The Hall–Kier alpha value is -1.35. The van der Waals surface area contributed by atoms with Crippen LogP contribution in [0.2, 0.25) is 0 Å². The molecule has 15 heavy (non-hydrogen) atoms. The fraction of sp³-hybridized carbons (Fsp3) is 0.417. The molecular formula is C12H15NO2. The summed E-state index contributed by atoms with van der Waals surface area (Å²) in [6.07, 6.45) is 0. The Morgan fingerprint density at radius 2 is 2.13 bits per heavy atom. The quantitative estimate of drug-likeness (QED) is 0.731. The van der Waals surface area contributed by atoms with Crippen LogP contribution in [0.3, 0.4) is 0 Å². The smallest absolute Gasteiger partial charge is 0.174 e. The summed E-state index contributed by atoms with van der Waals surface area (Å²) in [5.74, 6) is 0.887. The number of Topliss-reactive ketones (excluding diaryl/α,β-unsaturated/α-hetero) is 1. The number of carbonyl (C=O) groups excluding carboxylic acids is 1. The van der Waals surface area contributed by atoms with Crippen LogP contribution in [0.4, 0.5) is 0 Å². The topological polar surface area (TPSA) is 29.5 Å². The average molecular weight is 205 g/mol. The Bertz CT molecular complexity index is 374. The van der Waals surface area contributed by atoms with Crippen molar-refractivity contribution in [2.75, 3.05) is 27.2 Å². The molecule has 3 heteroatoms. The second kappa shape index (κ2) is 4.03. The van der Waals surface area contributed by atoms with Crippen molar-refractivity contribution in [2.45, 2.75) is 0 Å². The Labute approximate surface area is 89.7 Å². The molecule has 1 aromatic carbocycles. The van der Waals surface area contributed by atoms with Gasteiger partial charge in [0.2, 0.25) is 0 Å². The maximum Gasteiger partial charge on any atom is 0.174 e. The van der Waals surface area contributed by atoms with E-state index < -0.39 is 0 Å². The highest BCUT2D eigenvalue weighted by Crippen LogP contribution is 2.26. The van der Waals surface area contributed by atoms with Crippen molar-refractivity contribution in [1.29, 1.82) is 0 Å². The number of ketones is 1. The van der Waals surface area contributed by atoms with E-state index in [1.54, 1.807) is 0 Å². The van der Waals surface area contributed by atoms with Crippen molar-refractivity contribution >= 4 is 5.78 Å². The van der Waals surface area contributed by atoms with Crippen molar-refractivity contribution in [1.82, 2.24) is 4.90 Å². The van der Waals surface area contributed by atoms with Crippen LogP contribution in [-0.2, 0) is 0 Å². The summed E-state index contributed by atoms with van der Waals surface area (Å²) in [5.41, 5.74) is 0.718. The average Bonchev–Trinajstić information content (AvgIpc) is 2.22. The third-order valence-corrected chi connectivity index (χ3v) is 2.55. The summed E-state index contributed by atoms with van der Waals surface area (Å²) in [5, 5.41) is 0. The van der Waals surface area contributed by atoms with Gasteiger partial charge in [0.25, 0.3) is 0 Å². The van der Waals surface area contributed by atoms with E-state index in [1.807, 2.05) is 43.3 Å². The first-order valence-electron chi connectivity index (χ1n) is 5.09. The predicted molar refractivity (Wildman–Crippen MR) is 58.3 cm³/mol. The molecule has 0 fully saturated rings. The van der Waals surface area contributed by atoms with Crippen LogP contribution in [0.1, 0.15) is 10.4 Å². The molecule has 0 aliphatic carbocycles. The molecule has 0 saturated heterocycles. The summed E-state index contributed by atoms with van der Waals surface area (Å²) in [4.78, 5) is 14.1. The summed E-state index contributed by atoms with van der Waals surface area (Å²) < 4.78 is 5.56. The van der Waals surface area contributed by atoms with Crippen molar-refractivity contribution in [3.63, 3.8) is 0 Å². The molecular weight excluding hydrogens is 190 g/mol. The molecule has 1 aliphatic heterocycles. The number of carbonyl (C=O) groups is 1. The maximum atomic E-state index is 12.0. The summed E-state index contributed by atoms with van der Waals surface area (Å²) >= 11 is 0. The van der Waals surface area contributed by atoms with E-state index in [2.05, 4.69) is 0 Å². The lowest BCUT2D eigenvalue weighted by Gasteiger charge is -2.26. The zero-order valence-electron chi connectivity index (χ0n) is 9.06. The Morgan fingerprint density at radius 1 is 1.40 bits per heavy atom. The van der Waals surface area contributed by atoms with Crippen molar-refractivity contribution in [2.24, 2.45) is 5.92 Å². The van der Waals surface area contributed by atoms with Crippen molar-refractivity contribution in [3.8, 4) is 5.75 Å². The Balaban J connectivity index is 2.22. The van der Waals surface area contributed by atoms with Gasteiger partial charge in [-0.25, -0.2) is 0 Å². The lowest BCUT2D eigenvalue weighted by Crippen LogP contribution is -2.35. The van der Waals surface area contributed by atoms with Gasteiger partial charge in [-0.1, -0.05) is 12.1 Å². The molecule has 3 nitrogen and oxygen atoms in total. The van der Waals surface area contributed by atoms with Crippen LogP contribution in [-0.4, -0.2) is 37.9 Å². The SMILES string of the molecule is CN(C)CC1COc2ccccc2C1=O. The highest BCUT2D eigenvalue weighted by Gasteiger charge is 2.28. The summed E-state index contributed by atoms with van der Waals surface area (Å²) in [6.45, 7) is 1.24. The van der Waals surface area contributed by atoms with Gasteiger partial charge in [0.15, 0.2) is 5.78 Å². The van der Waals surface area contributed by atoms with Crippen molar-refractivity contribution in [3.05, 3.63) is 29.8 Å². The molecule has 0 N–H and O–H groups in total. The second-order valence-electron chi connectivity index (χ2n) is 4.13. The molecule has 1 aliphatic rings. The summed E-state index contributed by atoms with van der Waals surface area (Å²) in [7, 11) is 3.93. The molecule has 1 unspecified atom stereocenters. The molecule has 2 rings (SSSR count). The van der Waals surface area contributed by atoms with Gasteiger partial charge in [-0.3, -0.25) is 4.79 Å². The minimum Gasteiger partial charge on any atom is -0.492 e. The number of nitrogens with zero attached hydrogens (tertiary/aromatic N) is 1. The molecule has 1 atom stereocenters. The fourth-order valence-electron chi connectivity index (χ4n) is 1.86. The molecule has 0 amide bonds. The number of fused-ring (bicyclic) bond motifs is 1. The van der Waals surface area contributed by atoms with E-state index in [4.69, 9.17) is 4.74 Å². The zero-order chi connectivity index (χ0) is 10.8. The van der Waals surface area contributed by atoms with Crippen LogP contribution >= 0.6 is 0 Å². The third kappa shape index (κ3) is 2.02. The van der Waals surface area contributed by atoms with E-state index in [9.17, 15) is 4.79 Å². The number of benzene rings is 1. The van der Waals surface area contributed by atoms with Gasteiger partial charge in [0.1, 0.15) is 5.75 Å². The first-order valence-corrected chi connectivity index (χ1v) is 5.09. The molecule has 0 bridgehead atoms. The lowest BCUT2D eigenvalue weighted by molar-refractivity contribution is 0.0796. The minimum absolute atomic E-state index is 0.0325. The number of rotatable bonds is 2. The molecule has 1 heterocycles. The van der Waals surface area contributed by atoms with Crippen molar-refractivity contribution < 1.29 is 9.53 Å². The van der Waals surface area contributed by atoms with E-state index in [-0.39, 0.29) is 11.7 Å². The number of hydrogen-bond donors (Lipinski definition) is 0. The van der Waals surface area contributed by atoms with Crippen LogP contribution in [0, 0.1) is 5.92 Å². The maximum absolute atomic E-state index is 12.0. The van der Waals surface area contributed by atoms with Gasteiger partial charge in [-0.2, -0.15) is 0 Å². The van der Waals surface area contributed by atoms with E-state index in [1.165, 1.54) is 0 Å². The highest BCUT2D eigenvalue weighted by molar-refractivity contribution is 6.01. The zero-order valence-corrected chi connectivity index (χ0v) is 9.06. The van der Waals surface area contributed by atoms with Gasteiger partial charge in [-0.05, 0) is 26.2 Å². The van der Waals surface area contributed by atoms with E-state index in [0.29, 0.717) is 6.61 Å². The molecule has 80 valence electrons. The van der Waals surface area contributed by atoms with Gasteiger partial charge in [0.05, 0.1) is 18.1 Å². The third-order valence-electron chi connectivity index (χ3n) is 2.55. The molecule has 0 radical (unpaired) electrons. The Morgan fingerprint density at radius 3 is 2.87 bits per heavy atom. The molecule has 0 saturated carbocycles. The number of hydrogen-bond acceptors (Lipinski definition) is 3. The number of para-hydroxylation sites is 1. The summed E-state index contributed by atoms with van der Waals surface area (Å²) in [6, 6.07) is 7.44.